The zero-order chi connectivity index (χ0) is 42.8. The zero-order valence-corrected chi connectivity index (χ0v) is 40.4. The van der Waals surface area contributed by atoms with Gasteiger partial charge in [-0.1, -0.05) is 239 Å². The molecule has 9 heteroatoms. The Morgan fingerprint density at radius 2 is 0.845 bits per heavy atom. The number of nitrogens with zero attached hydrogens (tertiary/aromatic N) is 1. The highest BCUT2D eigenvalue weighted by Gasteiger charge is 2.24. The number of aliphatic hydroxyl groups excluding tert-OH is 1. The van der Waals surface area contributed by atoms with Crippen LogP contribution in [-0.4, -0.2) is 68.5 Å². The summed E-state index contributed by atoms with van der Waals surface area (Å²) in [5.74, 6) is -0.159. The molecule has 3 unspecified atom stereocenters. The summed E-state index contributed by atoms with van der Waals surface area (Å²) in [4.78, 5) is 25.4. The third-order valence-corrected chi connectivity index (χ3v) is 12.8. The van der Waals surface area contributed by atoms with E-state index in [2.05, 4.69) is 19.2 Å². The highest BCUT2D eigenvalue weighted by Crippen LogP contribution is 2.38. The molecule has 58 heavy (non-hydrogen) atoms. The summed E-state index contributed by atoms with van der Waals surface area (Å²) >= 11 is 0. The smallest absolute Gasteiger partial charge is 0.268 e. The Balaban J connectivity index is 4.24. The van der Waals surface area contributed by atoms with Crippen molar-refractivity contribution in [3.05, 3.63) is 0 Å². The molecule has 0 aromatic heterocycles. The first-order valence-electron chi connectivity index (χ1n) is 25.4. The largest absolute Gasteiger partial charge is 0.756 e. The van der Waals surface area contributed by atoms with Crippen molar-refractivity contribution in [1.29, 1.82) is 0 Å². The molecule has 8 nitrogen and oxygen atoms in total. The van der Waals surface area contributed by atoms with Crippen molar-refractivity contribution >= 4 is 13.7 Å². The van der Waals surface area contributed by atoms with Gasteiger partial charge in [0.05, 0.1) is 39.9 Å². The molecule has 0 saturated carbocycles. The first-order valence-corrected chi connectivity index (χ1v) is 26.8. The lowest BCUT2D eigenvalue weighted by molar-refractivity contribution is -0.870. The van der Waals surface area contributed by atoms with Gasteiger partial charge >= 0.3 is 0 Å². The number of rotatable bonds is 47. The number of unbranched alkanes of at least 4 members (excludes halogenated alkanes) is 34. The van der Waals surface area contributed by atoms with E-state index < -0.39 is 20.0 Å². The number of quaternary nitrogens is 1. The van der Waals surface area contributed by atoms with E-state index in [9.17, 15) is 19.4 Å². The summed E-state index contributed by atoms with van der Waals surface area (Å²) in [5, 5.41) is 14.0. The molecule has 0 aliphatic carbocycles. The van der Waals surface area contributed by atoms with Gasteiger partial charge in [0, 0.05) is 6.42 Å². The van der Waals surface area contributed by atoms with Gasteiger partial charge in [-0.15, -0.1) is 0 Å². The summed E-state index contributed by atoms with van der Waals surface area (Å²) in [7, 11) is 1.32. The normalized spacial score (nSPS) is 14.1. The van der Waals surface area contributed by atoms with Crippen molar-refractivity contribution in [2.24, 2.45) is 0 Å². The van der Waals surface area contributed by atoms with E-state index in [1.807, 2.05) is 21.1 Å². The summed E-state index contributed by atoms with van der Waals surface area (Å²) in [6.07, 6.45) is 46.8. The van der Waals surface area contributed by atoms with Crippen LogP contribution in [0.15, 0.2) is 0 Å². The fourth-order valence-corrected chi connectivity index (χ4v) is 8.53. The number of likely N-dealkylation sites (N-methyl/N-ethyl adjacent to an activating group) is 1. The van der Waals surface area contributed by atoms with Gasteiger partial charge in [0.25, 0.3) is 7.82 Å². The second kappa shape index (κ2) is 41.8. The van der Waals surface area contributed by atoms with E-state index in [-0.39, 0.29) is 19.1 Å². The van der Waals surface area contributed by atoms with Gasteiger partial charge in [-0.05, 0) is 12.8 Å². The average Bonchev–Trinajstić information content (AvgIpc) is 3.17. The topological polar surface area (TPSA) is 108 Å². The zero-order valence-electron chi connectivity index (χ0n) is 39.5. The van der Waals surface area contributed by atoms with E-state index >= 15 is 0 Å². The maximum Gasteiger partial charge on any atom is 0.268 e. The summed E-state index contributed by atoms with van der Waals surface area (Å²) in [6, 6.07) is -0.793. The lowest BCUT2D eigenvalue weighted by atomic mass is 10.0. The van der Waals surface area contributed by atoms with E-state index in [0.717, 1.165) is 38.5 Å². The standard InChI is InChI=1S/C49H101N2O6P/c1-6-8-10-12-14-16-18-20-22-24-26-28-30-32-34-36-38-40-42-48(52)47(46-57-58(54,55)56-45-44-51(3,4)5)50-49(53)43-41-39-37-35-33-31-29-27-25-23-21-19-17-15-13-11-9-7-2/h47-48,52H,6-46H2,1-5H3,(H-,50,53,54,55). The van der Waals surface area contributed by atoms with Crippen LogP contribution in [0.25, 0.3) is 0 Å². The van der Waals surface area contributed by atoms with E-state index in [4.69, 9.17) is 9.05 Å². The predicted octanol–water partition coefficient (Wildman–Crippen LogP) is 13.9. The fraction of sp³-hybridized carbons (Fsp3) is 0.980. The van der Waals surface area contributed by atoms with Gasteiger partial charge in [0.1, 0.15) is 13.2 Å². The van der Waals surface area contributed by atoms with Crippen molar-refractivity contribution < 1.29 is 32.9 Å². The lowest BCUT2D eigenvalue weighted by Gasteiger charge is -2.30. The Morgan fingerprint density at radius 1 is 0.534 bits per heavy atom. The molecule has 1 amide bonds. The van der Waals surface area contributed by atoms with Crippen LogP contribution in [0, 0.1) is 0 Å². The third kappa shape index (κ3) is 43.6. The fourth-order valence-electron chi connectivity index (χ4n) is 7.81. The van der Waals surface area contributed by atoms with Crippen LogP contribution in [0.4, 0.5) is 0 Å². The van der Waals surface area contributed by atoms with Crippen LogP contribution >= 0.6 is 7.82 Å². The summed E-state index contributed by atoms with van der Waals surface area (Å²) < 4.78 is 23.3. The lowest BCUT2D eigenvalue weighted by Crippen LogP contribution is -2.46. The molecular formula is C49H101N2O6P. The molecule has 348 valence electrons. The van der Waals surface area contributed by atoms with Crippen LogP contribution in [0.3, 0.4) is 0 Å². The number of phosphoric ester groups is 1. The molecule has 2 N–H and O–H groups in total. The molecule has 0 saturated heterocycles. The molecule has 0 aromatic rings. The van der Waals surface area contributed by atoms with Crippen LogP contribution in [-0.2, 0) is 18.4 Å². The van der Waals surface area contributed by atoms with Crippen LogP contribution in [0.5, 0.6) is 0 Å². The van der Waals surface area contributed by atoms with Crippen molar-refractivity contribution in [3.8, 4) is 0 Å². The Hall–Kier alpha value is -0.500. The molecule has 0 heterocycles. The SMILES string of the molecule is CCCCCCCCCCCCCCCCCCCCC(=O)NC(COP(=O)([O-])OCC[N+](C)(C)C)C(O)CCCCCCCCCCCCCCCCCCCC. The Morgan fingerprint density at radius 3 is 1.17 bits per heavy atom. The van der Waals surface area contributed by atoms with Crippen LogP contribution < -0.4 is 10.2 Å². The highest BCUT2D eigenvalue weighted by atomic mass is 31.2. The minimum Gasteiger partial charge on any atom is -0.756 e. The van der Waals surface area contributed by atoms with Crippen LogP contribution in [0.1, 0.15) is 258 Å². The van der Waals surface area contributed by atoms with E-state index in [1.54, 1.807) is 0 Å². The Bertz CT molecular complexity index is 916. The number of amides is 1. The minimum atomic E-state index is -4.56. The molecule has 0 bridgehead atoms. The van der Waals surface area contributed by atoms with Crippen molar-refractivity contribution in [3.63, 3.8) is 0 Å². The second-order valence-electron chi connectivity index (χ2n) is 18.9. The average molecular weight is 845 g/mol. The molecule has 0 rings (SSSR count). The summed E-state index contributed by atoms with van der Waals surface area (Å²) in [5.41, 5.74) is 0. The van der Waals surface area contributed by atoms with Gasteiger partial charge < -0.3 is 28.8 Å². The van der Waals surface area contributed by atoms with E-state index in [0.29, 0.717) is 23.9 Å². The van der Waals surface area contributed by atoms with Crippen molar-refractivity contribution in [1.82, 2.24) is 5.32 Å². The number of carbonyl (C=O) groups excluding carboxylic acids is 1. The Labute approximate surface area is 361 Å². The van der Waals surface area contributed by atoms with Gasteiger partial charge in [0.15, 0.2) is 0 Å². The first kappa shape index (κ1) is 57.5. The maximum absolute atomic E-state index is 12.9. The molecule has 0 spiro atoms. The van der Waals surface area contributed by atoms with Crippen LogP contribution in [0.2, 0.25) is 0 Å². The number of aliphatic hydroxyl groups is 1. The second-order valence-corrected chi connectivity index (χ2v) is 20.3. The first-order chi connectivity index (χ1) is 28.0. The molecule has 3 atom stereocenters. The van der Waals surface area contributed by atoms with Gasteiger partial charge in [-0.25, -0.2) is 0 Å². The minimum absolute atomic E-state index is 0.0164. The predicted molar refractivity (Wildman–Crippen MR) is 247 cm³/mol. The molecule has 0 radical (unpaired) electrons. The van der Waals surface area contributed by atoms with Crippen molar-refractivity contribution in [2.75, 3.05) is 40.9 Å². The van der Waals surface area contributed by atoms with E-state index in [1.165, 1.54) is 193 Å². The molecule has 0 aliphatic rings. The molecule has 0 fully saturated rings. The number of hydrogen-bond acceptors (Lipinski definition) is 6. The maximum atomic E-state index is 12.9. The number of hydrogen-bond donors (Lipinski definition) is 2. The summed E-state index contributed by atoms with van der Waals surface area (Å²) in [6.45, 7) is 4.76. The molecule has 0 aliphatic heterocycles. The number of nitrogens with one attached hydrogen (secondary N) is 1. The highest BCUT2D eigenvalue weighted by molar-refractivity contribution is 7.45. The number of carbonyl (C=O) groups is 1. The van der Waals surface area contributed by atoms with Crippen molar-refractivity contribution in [2.45, 2.75) is 270 Å². The number of phosphoric acid groups is 1. The third-order valence-electron chi connectivity index (χ3n) is 11.8. The van der Waals surface area contributed by atoms with Gasteiger partial charge in [0.2, 0.25) is 5.91 Å². The molecule has 0 aromatic carbocycles. The van der Waals surface area contributed by atoms with Gasteiger partial charge in [-0.3, -0.25) is 9.36 Å². The quantitative estimate of drug-likeness (QED) is 0.0359. The molecular weight excluding hydrogens is 744 g/mol. The van der Waals surface area contributed by atoms with Gasteiger partial charge in [-0.2, -0.15) is 0 Å². The monoisotopic (exact) mass is 845 g/mol. The Kier molecular flexibility index (Phi) is 41.5.